The number of carbonyl (C=O) groups is 2. The van der Waals surface area contributed by atoms with Crippen molar-refractivity contribution >= 4 is 11.9 Å². The molecule has 0 aromatic heterocycles. The van der Waals surface area contributed by atoms with E-state index < -0.39 is 17.5 Å². The van der Waals surface area contributed by atoms with Gasteiger partial charge >= 0.3 is 5.97 Å². The minimum absolute atomic E-state index is 0.000440. The molecule has 1 amide bonds. The van der Waals surface area contributed by atoms with Crippen LogP contribution in [-0.2, 0) is 24.5 Å². The Hall–Kier alpha value is -1.92. The molecule has 2 fully saturated rings. The van der Waals surface area contributed by atoms with Crippen molar-refractivity contribution in [2.75, 3.05) is 19.8 Å². The average Bonchev–Trinajstić information content (AvgIpc) is 3.37. The summed E-state index contributed by atoms with van der Waals surface area (Å²) in [6, 6.07) is 9.57. The van der Waals surface area contributed by atoms with Crippen molar-refractivity contribution in [3.63, 3.8) is 0 Å². The van der Waals surface area contributed by atoms with Gasteiger partial charge in [-0.05, 0) is 24.8 Å². The van der Waals surface area contributed by atoms with Crippen LogP contribution in [0.15, 0.2) is 30.3 Å². The zero-order valence-corrected chi connectivity index (χ0v) is 12.9. The van der Waals surface area contributed by atoms with Gasteiger partial charge in [0, 0.05) is 6.61 Å². The van der Waals surface area contributed by atoms with Gasteiger partial charge in [0.05, 0.1) is 18.1 Å². The maximum absolute atomic E-state index is 12.8. The highest BCUT2D eigenvalue weighted by Crippen LogP contribution is 2.48. The van der Waals surface area contributed by atoms with E-state index in [1.807, 2.05) is 30.3 Å². The molecule has 6 heteroatoms. The Morgan fingerprint density at radius 2 is 2.04 bits per heavy atom. The number of benzene rings is 1. The lowest BCUT2D eigenvalue weighted by molar-refractivity contribution is -0.149. The highest BCUT2D eigenvalue weighted by molar-refractivity contribution is 5.91. The van der Waals surface area contributed by atoms with E-state index in [4.69, 9.17) is 14.6 Å². The van der Waals surface area contributed by atoms with Gasteiger partial charge < -0.3 is 19.9 Å². The predicted octanol–water partition coefficient (Wildman–Crippen LogP) is 1.09. The highest BCUT2D eigenvalue weighted by atomic mass is 16.5. The lowest BCUT2D eigenvalue weighted by Gasteiger charge is -2.33. The summed E-state index contributed by atoms with van der Waals surface area (Å²) >= 11 is 0. The van der Waals surface area contributed by atoms with Crippen LogP contribution >= 0.6 is 0 Å². The van der Waals surface area contributed by atoms with E-state index >= 15 is 0 Å². The Morgan fingerprint density at radius 3 is 2.70 bits per heavy atom. The van der Waals surface area contributed by atoms with Gasteiger partial charge in [0.15, 0.2) is 0 Å². The second-order valence-electron chi connectivity index (χ2n) is 6.13. The van der Waals surface area contributed by atoms with Gasteiger partial charge in [0.25, 0.3) is 0 Å². The molecule has 0 radical (unpaired) electrons. The van der Waals surface area contributed by atoms with Crippen LogP contribution in [0.2, 0.25) is 0 Å². The lowest BCUT2D eigenvalue weighted by atomic mass is 9.94. The predicted molar refractivity (Wildman–Crippen MR) is 82.1 cm³/mol. The number of carbonyl (C=O) groups excluding carboxylic acids is 1. The molecular weight excluding hydrogens is 298 g/mol. The summed E-state index contributed by atoms with van der Waals surface area (Å²) in [4.78, 5) is 23.4. The van der Waals surface area contributed by atoms with Crippen LogP contribution in [0.5, 0.6) is 0 Å². The Morgan fingerprint density at radius 1 is 1.30 bits per heavy atom. The molecule has 3 rings (SSSR count). The van der Waals surface area contributed by atoms with E-state index in [-0.39, 0.29) is 18.6 Å². The van der Waals surface area contributed by atoms with E-state index in [2.05, 4.69) is 5.32 Å². The Labute approximate surface area is 134 Å². The molecule has 1 saturated carbocycles. The van der Waals surface area contributed by atoms with Gasteiger partial charge in [-0.3, -0.25) is 4.79 Å². The Bertz CT molecular complexity index is 570. The van der Waals surface area contributed by atoms with E-state index in [1.165, 1.54) is 0 Å². The molecule has 1 aromatic carbocycles. The van der Waals surface area contributed by atoms with E-state index in [9.17, 15) is 9.59 Å². The second kappa shape index (κ2) is 6.68. The average molecular weight is 319 g/mol. The number of hydrogen-bond donors (Lipinski definition) is 2. The summed E-state index contributed by atoms with van der Waals surface area (Å²) in [6.45, 7) is 0.455. The number of amides is 1. The topological polar surface area (TPSA) is 84.9 Å². The minimum Gasteiger partial charge on any atom is -0.480 e. The lowest BCUT2D eigenvalue weighted by Crippen LogP contribution is -2.52. The summed E-state index contributed by atoms with van der Waals surface area (Å²) in [5.41, 5.74) is 0.601. The van der Waals surface area contributed by atoms with E-state index in [0.717, 1.165) is 18.4 Å². The van der Waals surface area contributed by atoms with Gasteiger partial charge in [-0.1, -0.05) is 30.3 Å². The third kappa shape index (κ3) is 3.54. The van der Waals surface area contributed by atoms with E-state index in [1.54, 1.807) is 0 Å². The fourth-order valence-corrected chi connectivity index (χ4v) is 3.06. The van der Waals surface area contributed by atoms with E-state index in [0.29, 0.717) is 19.6 Å². The van der Waals surface area contributed by atoms with Crippen molar-refractivity contribution in [1.29, 1.82) is 0 Å². The number of aliphatic carboxylic acids is 1. The third-order valence-electron chi connectivity index (χ3n) is 4.55. The molecule has 6 nitrogen and oxygen atoms in total. The van der Waals surface area contributed by atoms with Crippen molar-refractivity contribution < 1.29 is 24.2 Å². The summed E-state index contributed by atoms with van der Waals surface area (Å²) in [7, 11) is 0. The standard InChI is InChI=1S/C17H21NO5/c19-15(20)11-23-14-10-22-9-6-13(14)18-16(21)17(7-8-17)12-4-2-1-3-5-12/h1-5,13-14H,6-11H2,(H,18,21)(H,19,20)/t13-,14-/m1/s1. The van der Waals surface area contributed by atoms with Crippen LogP contribution in [0.25, 0.3) is 0 Å². The fraction of sp³-hybridized carbons (Fsp3) is 0.529. The summed E-state index contributed by atoms with van der Waals surface area (Å²) in [5, 5.41) is 11.8. The minimum atomic E-state index is -1.02. The van der Waals surface area contributed by atoms with Crippen molar-refractivity contribution in [2.24, 2.45) is 0 Å². The molecule has 0 bridgehead atoms. The van der Waals surface area contributed by atoms with Crippen molar-refractivity contribution in [1.82, 2.24) is 5.32 Å². The first kappa shape index (κ1) is 16.0. The monoisotopic (exact) mass is 319 g/mol. The zero-order chi connectivity index (χ0) is 16.3. The van der Waals surface area contributed by atoms with Crippen LogP contribution in [0.1, 0.15) is 24.8 Å². The molecule has 1 heterocycles. The molecule has 1 aromatic rings. The molecule has 1 saturated heterocycles. The molecule has 23 heavy (non-hydrogen) atoms. The fourth-order valence-electron chi connectivity index (χ4n) is 3.06. The quantitative estimate of drug-likeness (QED) is 0.820. The number of ether oxygens (including phenoxy) is 2. The van der Waals surface area contributed by atoms with Gasteiger partial charge in [0.1, 0.15) is 12.7 Å². The van der Waals surface area contributed by atoms with Crippen LogP contribution in [0.4, 0.5) is 0 Å². The van der Waals surface area contributed by atoms with Crippen LogP contribution < -0.4 is 5.32 Å². The molecular formula is C17H21NO5. The molecule has 2 atom stereocenters. The molecule has 2 N–H and O–H groups in total. The second-order valence-corrected chi connectivity index (χ2v) is 6.13. The molecule has 0 spiro atoms. The van der Waals surface area contributed by atoms with Gasteiger partial charge in [-0.2, -0.15) is 0 Å². The third-order valence-corrected chi connectivity index (χ3v) is 4.55. The molecule has 1 aliphatic heterocycles. The smallest absolute Gasteiger partial charge is 0.329 e. The number of hydrogen-bond acceptors (Lipinski definition) is 4. The van der Waals surface area contributed by atoms with Gasteiger partial charge in [-0.15, -0.1) is 0 Å². The molecule has 124 valence electrons. The summed E-state index contributed by atoms with van der Waals surface area (Å²) < 4.78 is 10.7. The summed E-state index contributed by atoms with van der Waals surface area (Å²) in [6.07, 6.45) is 1.88. The Kier molecular flexibility index (Phi) is 4.63. The van der Waals surface area contributed by atoms with Crippen LogP contribution in [0, 0.1) is 0 Å². The van der Waals surface area contributed by atoms with Crippen molar-refractivity contribution in [3.05, 3.63) is 35.9 Å². The largest absolute Gasteiger partial charge is 0.480 e. The number of carboxylic acid groups (broad SMARTS) is 1. The maximum atomic E-state index is 12.8. The Balaban J connectivity index is 1.65. The maximum Gasteiger partial charge on any atom is 0.329 e. The number of carboxylic acids is 1. The van der Waals surface area contributed by atoms with Crippen LogP contribution in [0.3, 0.4) is 0 Å². The first-order chi connectivity index (χ1) is 11.1. The zero-order valence-electron chi connectivity index (χ0n) is 12.9. The van der Waals surface area contributed by atoms with Crippen molar-refractivity contribution in [2.45, 2.75) is 36.8 Å². The normalized spacial score (nSPS) is 25.6. The molecule has 2 aliphatic rings. The van der Waals surface area contributed by atoms with Gasteiger partial charge in [0.2, 0.25) is 5.91 Å². The molecule has 1 aliphatic carbocycles. The summed E-state index contributed by atoms with van der Waals surface area (Å²) in [5.74, 6) is -1.02. The van der Waals surface area contributed by atoms with Crippen molar-refractivity contribution in [3.8, 4) is 0 Å². The number of nitrogens with one attached hydrogen (secondary N) is 1. The molecule has 0 unspecified atom stereocenters. The first-order valence-electron chi connectivity index (χ1n) is 7.89. The van der Waals surface area contributed by atoms with Gasteiger partial charge in [-0.25, -0.2) is 4.79 Å². The highest BCUT2D eigenvalue weighted by Gasteiger charge is 2.52. The first-order valence-corrected chi connectivity index (χ1v) is 7.89. The van der Waals surface area contributed by atoms with Crippen LogP contribution in [-0.4, -0.2) is 48.9 Å². The number of rotatable bonds is 6. The SMILES string of the molecule is O=C(O)CO[C@@H]1COCC[C@H]1NC(=O)C1(c2ccccc2)CC1.